The SMILES string of the molecule is Cc1ccc(C(=O)O[C@H](C(=O)N2CCOCC2)C(C)C)c(O)c1C. The molecule has 24 heavy (non-hydrogen) atoms. The number of carbonyl (C=O) groups excluding carboxylic acids is 2. The molecule has 1 atom stereocenters. The molecule has 1 aromatic carbocycles. The van der Waals surface area contributed by atoms with Gasteiger partial charge in [0.1, 0.15) is 11.3 Å². The smallest absolute Gasteiger partial charge is 0.342 e. The first-order chi connectivity index (χ1) is 11.3. The number of hydrogen-bond acceptors (Lipinski definition) is 5. The molecule has 1 saturated heterocycles. The highest BCUT2D eigenvalue weighted by atomic mass is 16.5. The number of esters is 1. The highest BCUT2D eigenvalue weighted by molar-refractivity contribution is 5.95. The predicted molar refractivity (Wildman–Crippen MR) is 89.0 cm³/mol. The van der Waals surface area contributed by atoms with Crippen molar-refractivity contribution in [2.75, 3.05) is 26.3 Å². The van der Waals surface area contributed by atoms with Gasteiger partial charge in [0, 0.05) is 13.1 Å². The maximum Gasteiger partial charge on any atom is 0.342 e. The summed E-state index contributed by atoms with van der Waals surface area (Å²) in [6, 6.07) is 3.27. The second-order valence-corrected chi connectivity index (χ2v) is 6.41. The molecule has 0 bridgehead atoms. The molecule has 1 heterocycles. The molecule has 0 spiro atoms. The van der Waals surface area contributed by atoms with Crippen LogP contribution in [0, 0.1) is 19.8 Å². The lowest BCUT2D eigenvalue weighted by molar-refractivity contribution is -0.147. The van der Waals surface area contributed by atoms with Crippen molar-refractivity contribution in [1.82, 2.24) is 4.90 Å². The van der Waals surface area contributed by atoms with Crippen molar-refractivity contribution in [1.29, 1.82) is 0 Å². The fourth-order valence-corrected chi connectivity index (χ4v) is 2.58. The third-order valence-corrected chi connectivity index (χ3v) is 4.33. The van der Waals surface area contributed by atoms with Crippen LogP contribution < -0.4 is 0 Å². The van der Waals surface area contributed by atoms with Gasteiger partial charge in [0.05, 0.1) is 13.2 Å². The summed E-state index contributed by atoms with van der Waals surface area (Å²) in [5, 5.41) is 10.2. The van der Waals surface area contributed by atoms with E-state index in [1.807, 2.05) is 20.8 Å². The number of amides is 1. The lowest BCUT2D eigenvalue weighted by atomic mass is 10.0. The topological polar surface area (TPSA) is 76.1 Å². The second kappa shape index (κ2) is 7.66. The molecule has 1 aliphatic heterocycles. The minimum Gasteiger partial charge on any atom is -0.507 e. The van der Waals surface area contributed by atoms with Crippen molar-refractivity contribution in [3.05, 3.63) is 28.8 Å². The zero-order valence-electron chi connectivity index (χ0n) is 14.7. The van der Waals surface area contributed by atoms with E-state index in [0.29, 0.717) is 31.9 Å². The number of ether oxygens (including phenoxy) is 2. The fourth-order valence-electron chi connectivity index (χ4n) is 2.58. The Morgan fingerprint density at radius 1 is 1.21 bits per heavy atom. The maximum atomic E-state index is 12.6. The number of phenolic OH excluding ortho intramolecular Hbond substituents is 1. The van der Waals surface area contributed by atoms with Crippen LogP contribution in [0.3, 0.4) is 0 Å². The minimum absolute atomic E-state index is 0.0820. The number of phenols is 1. The van der Waals surface area contributed by atoms with E-state index in [1.165, 1.54) is 6.07 Å². The summed E-state index contributed by atoms with van der Waals surface area (Å²) in [5.41, 5.74) is 1.59. The zero-order chi connectivity index (χ0) is 17.9. The molecule has 1 aliphatic rings. The van der Waals surface area contributed by atoms with Gasteiger partial charge in [-0.15, -0.1) is 0 Å². The van der Waals surface area contributed by atoms with Crippen LogP contribution in [0.4, 0.5) is 0 Å². The van der Waals surface area contributed by atoms with E-state index in [-0.39, 0.29) is 23.1 Å². The Kier molecular flexibility index (Phi) is 5.83. The average molecular weight is 335 g/mol. The Bertz CT molecular complexity index is 620. The normalized spacial score (nSPS) is 16.1. The number of morpholine rings is 1. The van der Waals surface area contributed by atoms with Gasteiger partial charge >= 0.3 is 5.97 Å². The molecule has 0 radical (unpaired) electrons. The van der Waals surface area contributed by atoms with E-state index in [0.717, 1.165) is 5.56 Å². The van der Waals surface area contributed by atoms with Gasteiger partial charge in [0.2, 0.25) is 0 Å². The summed E-state index contributed by atoms with van der Waals surface area (Å²) in [6.07, 6.45) is -0.878. The first-order valence-corrected chi connectivity index (χ1v) is 8.19. The van der Waals surface area contributed by atoms with Gasteiger partial charge in [-0.05, 0) is 37.0 Å². The standard InChI is InChI=1S/C18H25NO5/c1-11(2)16(17(21)19-7-9-23-10-8-19)24-18(22)14-6-5-12(3)13(4)15(14)20/h5-6,11,16,20H,7-10H2,1-4H3/t16-/m0/s1. The Labute approximate surface area is 142 Å². The summed E-state index contributed by atoms with van der Waals surface area (Å²) >= 11 is 0. The monoisotopic (exact) mass is 335 g/mol. The lowest BCUT2D eigenvalue weighted by Gasteiger charge is -2.31. The van der Waals surface area contributed by atoms with Gasteiger partial charge in [-0.1, -0.05) is 19.9 Å². The van der Waals surface area contributed by atoms with Gasteiger partial charge in [-0.25, -0.2) is 4.79 Å². The molecule has 1 amide bonds. The third-order valence-electron chi connectivity index (χ3n) is 4.33. The first-order valence-electron chi connectivity index (χ1n) is 8.19. The summed E-state index contributed by atoms with van der Waals surface area (Å²) < 4.78 is 10.7. The lowest BCUT2D eigenvalue weighted by Crippen LogP contribution is -2.48. The van der Waals surface area contributed by atoms with Crippen LogP contribution in [0.2, 0.25) is 0 Å². The van der Waals surface area contributed by atoms with Crippen molar-refractivity contribution >= 4 is 11.9 Å². The van der Waals surface area contributed by atoms with Crippen LogP contribution in [0.5, 0.6) is 5.75 Å². The number of carbonyl (C=O) groups is 2. The van der Waals surface area contributed by atoms with Crippen LogP contribution in [-0.4, -0.2) is 54.3 Å². The highest BCUT2D eigenvalue weighted by Crippen LogP contribution is 2.26. The van der Waals surface area contributed by atoms with Gasteiger partial charge in [-0.2, -0.15) is 0 Å². The van der Waals surface area contributed by atoms with Crippen LogP contribution in [0.1, 0.15) is 35.3 Å². The predicted octanol–water partition coefficient (Wildman–Crippen LogP) is 2.05. The summed E-state index contributed by atoms with van der Waals surface area (Å²) in [5.74, 6) is -1.17. The Balaban J connectivity index is 2.17. The van der Waals surface area contributed by atoms with Gasteiger partial charge < -0.3 is 19.5 Å². The molecule has 1 N–H and O–H groups in total. The zero-order valence-corrected chi connectivity index (χ0v) is 14.7. The van der Waals surface area contributed by atoms with Gasteiger partial charge in [-0.3, -0.25) is 4.79 Å². The van der Waals surface area contributed by atoms with E-state index in [4.69, 9.17) is 9.47 Å². The van der Waals surface area contributed by atoms with Crippen LogP contribution in [-0.2, 0) is 14.3 Å². The van der Waals surface area contributed by atoms with Crippen LogP contribution in [0.15, 0.2) is 12.1 Å². The summed E-state index contributed by atoms with van der Waals surface area (Å²) in [6.45, 7) is 9.21. The molecular weight excluding hydrogens is 310 g/mol. The quantitative estimate of drug-likeness (QED) is 0.852. The van der Waals surface area contributed by atoms with E-state index >= 15 is 0 Å². The molecular formula is C18H25NO5. The molecule has 1 fully saturated rings. The van der Waals surface area contributed by atoms with Crippen molar-refractivity contribution in [3.63, 3.8) is 0 Å². The number of rotatable bonds is 4. The Hall–Kier alpha value is -2.08. The van der Waals surface area contributed by atoms with Crippen LogP contribution >= 0.6 is 0 Å². The van der Waals surface area contributed by atoms with E-state index < -0.39 is 12.1 Å². The molecule has 6 nitrogen and oxygen atoms in total. The molecule has 0 aromatic heterocycles. The van der Waals surface area contributed by atoms with Crippen molar-refractivity contribution in [2.45, 2.75) is 33.8 Å². The molecule has 132 valence electrons. The fraction of sp³-hybridized carbons (Fsp3) is 0.556. The third kappa shape index (κ3) is 3.87. The Morgan fingerprint density at radius 2 is 1.83 bits per heavy atom. The van der Waals surface area contributed by atoms with Crippen molar-refractivity contribution < 1.29 is 24.2 Å². The number of hydrogen-bond donors (Lipinski definition) is 1. The molecule has 1 aromatic rings. The van der Waals surface area contributed by atoms with Gasteiger partial charge in [0.15, 0.2) is 6.10 Å². The van der Waals surface area contributed by atoms with E-state index in [1.54, 1.807) is 17.9 Å². The molecule has 2 rings (SSSR count). The number of aryl methyl sites for hydroxylation is 1. The van der Waals surface area contributed by atoms with Gasteiger partial charge in [0.25, 0.3) is 5.91 Å². The highest BCUT2D eigenvalue weighted by Gasteiger charge is 2.32. The summed E-state index contributed by atoms with van der Waals surface area (Å²) in [4.78, 5) is 26.8. The largest absolute Gasteiger partial charge is 0.507 e. The van der Waals surface area contributed by atoms with E-state index in [9.17, 15) is 14.7 Å². The number of benzene rings is 1. The first kappa shape index (κ1) is 18.3. The van der Waals surface area contributed by atoms with Crippen molar-refractivity contribution in [3.8, 4) is 5.75 Å². The minimum atomic E-state index is -0.878. The van der Waals surface area contributed by atoms with Crippen LogP contribution in [0.25, 0.3) is 0 Å². The second-order valence-electron chi connectivity index (χ2n) is 6.41. The summed E-state index contributed by atoms with van der Waals surface area (Å²) in [7, 11) is 0. The molecule has 0 saturated carbocycles. The van der Waals surface area contributed by atoms with Crippen molar-refractivity contribution in [2.24, 2.45) is 5.92 Å². The van der Waals surface area contributed by atoms with E-state index in [2.05, 4.69) is 0 Å². The average Bonchev–Trinajstić information content (AvgIpc) is 2.57. The molecule has 0 unspecified atom stereocenters. The number of aromatic hydroxyl groups is 1. The Morgan fingerprint density at radius 3 is 2.42 bits per heavy atom. The maximum absolute atomic E-state index is 12.6. The molecule has 0 aliphatic carbocycles. The number of nitrogens with zero attached hydrogens (tertiary/aromatic N) is 1. The molecule has 6 heteroatoms.